The molecule has 4 rings (SSSR count). The number of halogens is 1. The van der Waals surface area contributed by atoms with Crippen LogP contribution in [0.4, 0.5) is 0 Å². The molecule has 0 bridgehead atoms. The minimum atomic E-state index is -0.108. The number of carbonyl (C=O) groups excluding carboxylic acids is 1. The molecule has 2 aromatic heterocycles. The zero-order chi connectivity index (χ0) is 18.8. The lowest BCUT2D eigenvalue weighted by molar-refractivity contribution is 0.0589. The standard InChI is InChI=1S/C21H24N4O2.ClH/c1-3-15-4-6-16(7-5-15)18-8-9-19(27-18)21(26)25-13-10-22-14-17(25)20-23-11-12-24(20)2;/h4-9,11-12,17,22H,3,10,13-14H2,1-2H3;1H. The first-order valence-corrected chi connectivity index (χ1v) is 9.35. The first kappa shape index (κ1) is 20.2. The average Bonchev–Trinajstić information content (AvgIpc) is 3.37. The van der Waals surface area contributed by atoms with Crippen LogP contribution >= 0.6 is 12.4 Å². The van der Waals surface area contributed by atoms with Crippen molar-refractivity contribution < 1.29 is 9.21 Å². The summed E-state index contributed by atoms with van der Waals surface area (Å²) in [5.41, 5.74) is 2.26. The van der Waals surface area contributed by atoms with Crippen LogP contribution in [-0.2, 0) is 13.5 Å². The van der Waals surface area contributed by atoms with Crippen LogP contribution < -0.4 is 5.32 Å². The van der Waals surface area contributed by atoms with Crippen molar-refractivity contribution in [1.82, 2.24) is 19.8 Å². The van der Waals surface area contributed by atoms with E-state index in [0.29, 0.717) is 24.6 Å². The summed E-state index contributed by atoms with van der Waals surface area (Å²) in [6.45, 7) is 4.20. The Hall–Kier alpha value is -2.57. The third-order valence-electron chi connectivity index (χ3n) is 5.12. The van der Waals surface area contributed by atoms with Crippen LogP contribution in [0.2, 0.25) is 0 Å². The van der Waals surface area contributed by atoms with Gasteiger partial charge in [-0.2, -0.15) is 0 Å². The van der Waals surface area contributed by atoms with E-state index in [1.54, 1.807) is 12.3 Å². The first-order valence-electron chi connectivity index (χ1n) is 9.35. The Morgan fingerprint density at radius 3 is 2.71 bits per heavy atom. The van der Waals surface area contributed by atoms with Gasteiger partial charge in [0, 0.05) is 44.6 Å². The zero-order valence-corrected chi connectivity index (χ0v) is 16.9. The maximum absolute atomic E-state index is 13.1. The molecule has 1 aliphatic heterocycles. The predicted octanol–water partition coefficient (Wildman–Crippen LogP) is 3.45. The van der Waals surface area contributed by atoms with Crippen molar-refractivity contribution in [1.29, 1.82) is 0 Å². The van der Waals surface area contributed by atoms with Crippen molar-refractivity contribution in [3.05, 3.63) is 65.9 Å². The molecule has 1 N–H and O–H groups in total. The molecule has 0 saturated carbocycles. The number of rotatable bonds is 4. The molecule has 0 aliphatic carbocycles. The van der Waals surface area contributed by atoms with E-state index in [2.05, 4.69) is 29.4 Å². The molecular formula is C21H25ClN4O2. The Kier molecular flexibility index (Phi) is 6.21. The third-order valence-corrected chi connectivity index (χ3v) is 5.12. The summed E-state index contributed by atoms with van der Waals surface area (Å²) in [5, 5.41) is 3.35. The molecule has 0 radical (unpaired) electrons. The smallest absolute Gasteiger partial charge is 0.290 e. The van der Waals surface area contributed by atoms with E-state index in [1.807, 2.05) is 40.9 Å². The number of amides is 1. The Labute approximate surface area is 171 Å². The van der Waals surface area contributed by atoms with Gasteiger partial charge in [0.15, 0.2) is 5.76 Å². The monoisotopic (exact) mass is 400 g/mol. The largest absolute Gasteiger partial charge is 0.451 e. The van der Waals surface area contributed by atoms with Gasteiger partial charge in [0.2, 0.25) is 0 Å². The SMILES string of the molecule is CCc1ccc(-c2ccc(C(=O)N3CCNCC3c3nccn3C)o2)cc1.Cl. The van der Waals surface area contributed by atoms with Crippen LogP contribution in [0.5, 0.6) is 0 Å². The Morgan fingerprint density at radius 2 is 2.04 bits per heavy atom. The predicted molar refractivity (Wildman–Crippen MR) is 111 cm³/mol. The minimum Gasteiger partial charge on any atom is -0.451 e. The van der Waals surface area contributed by atoms with Gasteiger partial charge in [-0.1, -0.05) is 31.2 Å². The van der Waals surface area contributed by atoms with E-state index in [9.17, 15) is 4.79 Å². The quantitative estimate of drug-likeness (QED) is 0.728. The van der Waals surface area contributed by atoms with Crippen molar-refractivity contribution in [2.24, 2.45) is 7.05 Å². The summed E-state index contributed by atoms with van der Waals surface area (Å²) in [5.74, 6) is 1.86. The number of hydrogen-bond donors (Lipinski definition) is 1. The average molecular weight is 401 g/mol. The van der Waals surface area contributed by atoms with Crippen LogP contribution in [0.25, 0.3) is 11.3 Å². The highest BCUT2D eigenvalue weighted by Crippen LogP contribution is 2.27. The number of aryl methyl sites for hydroxylation is 2. The fourth-order valence-electron chi connectivity index (χ4n) is 3.53. The van der Waals surface area contributed by atoms with Crippen LogP contribution in [0, 0.1) is 0 Å². The highest BCUT2D eigenvalue weighted by molar-refractivity contribution is 5.92. The summed E-state index contributed by atoms with van der Waals surface area (Å²) in [4.78, 5) is 19.4. The summed E-state index contributed by atoms with van der Waals surface area (Å²) in [6.07, 6.45) is 4.66. The molecular weight excluding hydrogens is 376 g/mol. The lowest BCUT2D eigenvalue weighted by Gasteiger charge is -2.35. The van der Waals surface area contributed by atoms with Gasteiger partial charge in [-0.05, 0) is 24.1 Å². The number of nitrogens with one attached hydrogen (secondary N) is 1. The molecule has 1 atom stereocenters. The topological polar surface area (TPSA) is 63.3 Å². The van der Waals surface area contributed by atoms with Crippen LogP contribution in [0.15, 0.2) is 53.2 Å². The van der Waals surface area contributed by atoms with E-state index in [-0.39, 0.29) is 24.4 Å². The number of nitrogens with zero attached hydrogens (tertiary/aromatic N) is 3. The van der Waals surface area contributed by atoms with E-state index in [1.165, 1.54) is 5.56 Å². The second-order valence-electron chi connectivity index (χ2n) is 6.83. The maximum Gasteiger partial charge on any atom is 0.290 e. The van der Waals surface area contributed by atoms with Gasteiger partial charge in [0.05, 0.1) is 0 Å². The second kappa shape index (κ2) is 8.63. The van der Waals surface area contributed by atoms with Gasteiger partial charge in [0.25, 0.3) is 5.91 Å². The number of aromatic nitrogens is 2. The maximum atomic E-state index is 13.1. The van der Waals surface area contributed by atoms with E-state index >= 15 is 0 Å². The van der Waals surface area contributed by atoms with Crippen LogP contribution in [-0.4, -0.2) is 40.0 Å². The Balaban J connectivity index is 0.00000225. The lowest BCUT2D eigenvalue weighted by Crippen LogP contribution is -2.49. The number of furan rings is 1. The fourth-order valence-corrected chi connectivity index (χ4v) is 3.53. The second-order valence-corrected chi connectivity index (χ2v) is 6.83. The van der Waals surface area contributed by atoms with Crippen molar-refractivity contribution in [2.45, 2.75) is 19.4 Å². The molecule has 3 heterocycles. The summed E-state index contributed by atoms with van der Waals surface area (Å²) in [7, 11) is 1.95. The molecule has 1 aromatic carbocycles. The van der Waals surface area contributed by atoms with E-state index in [0.717, 1.165) is 24.4 Å². The lowest BCUT2D eigenvalue weighted by atomic mass is 10.1. The van der Waals surface area contributed by atoms with Gasteiger partial charge >= 0.3 is 0 Å². The van der Waals surface area contributed by atoms with Crippen molar-refractivity contribution in [3.8, 4) is 11.3 Å². The molecule has 1 fully saturated rings. The van der Waals surface area contributed by atoms with Crippen molar-refractivity contribution >= 4 is 18.3 Å². The molecule has 6 nitrogen and oxygen atoms in total. The number of hydrogen-bond acceptors (Lipinski definition) is 4. The van der Waals surface area contributed by atoms with E-state index in [4.69, 9.17) is 4.42 Å². The number of imidazole rings is 1. The van der Waals surface area contributed by atoms with Gasteiger partial charge < -0.3 is 19.2 Å². The summed E-state index contributed by atoms with van der Waals surface area (Å²) >= 11 is 0. The minimum absolute atomic E-state index is 0. The molecule has 7 heteroatoms. The van der Waals surface area contributed by atoms with Gasteiger partial charge in [-0.3, -0.25) is 4.79 Å². The Bertz CT molecular complexity index is 932. The summed E-state index contributed by atoms with van der Waals surface area (Å²) in [6, 6.07) is 11.8. The number of carbonyl (C=O) groups is 1. The number of benzene rings is 1. The normalized spacial score (nSPS) is 16.6. The van der Waals surface area contributed by atoms with E-state index < -0.39 is 0 Å². The molecule has 1 unspecified atom stereocenters. The number of piperazine rings is 1. The molecule has 3 aromatic rings. The fraction of sp³-hybridized carbons (Fsp3) is 0.333. The van der Waals surface area contributed by atoms with Crippen LogP contribution in [0.1, 0.15) is 34.9 Å². The van der Waals surface area contributed by atoms with Gasteiger partial charge in [-0.25, -0.2) is 4.98 Å². The molecule has 1 amide bonds. The van der Waals surface area contributed by atoms with Gasteiger partial charge in [0.1, 0.15) is 17.6 Å². The third kappa shape index (κ3) is 3.84. The molecule has 1 saturated heterocycles. The van der Waals surface area contributed by atoms with Crippen molar-refractivity contribution in [2.75, 3.05) is 19.6 Å². The molecule has 148 valence electrons. The van der Waals surface area contributed by atoms with Crippen molar-refractivity contribution in [3.63, 3.8) is 0 Å². The highest BCUT2D eigenvalue weighted by Gasteiger charge is 2.32. The molecule has 0 spiro atoms. The molecule has 1 aliphatic rings. The summed E-state index contributed by atoms with van der Waals surface area (Å²) < 4.78 is 7.87. The zero-order valence-electron chi connectivity index (χ0n) is 16.1. The van der Waals surface area contributed by atoms with Crippen LogP contribution in [0.3, 0.4) is 0 Å². The highest BCUT2D eigenvalue weighted by atomic mass is 35.5. The molecule has 28 heavy (non-hydrogen) atoms. The Morgan fingerprint density at radius 1 is 1.25 bits per heavy atom. The van der Waals surface area contributed by atoms with Gasteiger partial charge in [-0.15, -0.1) is 12.4 Å². The first-order chi connectivity index (χ1) is 13.2.